The third-order valence-electron chi connectivity index (χ3n) is 5.20. The Morgan fingerprint density at radius 2 is 1.93 bits per heavy atom. The lowest BCUT2D eigenvalue weighted by molar-refractivity contribution is -0.117. The molecule has 1 aromatic carbocycles. The molecule has 0 radical (unpaired) electrons. The summed E-state index contributed by atoms with van der Waals surface area (Å²) >= 11 is 0. The van der Waals surface area contributed by atoms with Gasteiger partial charge >= 0.3 is 0 Å². The molecule has 0 saturated heterocycles. The van der Waals surface area contributed by atoms with Crippen LogP contribution in [0, 0.1) is 11.3 Å². The van der Waals surface area contributed by atoms with Crippen molar-refractivity contribution in [1.29, 1.82) is 5.26 Å². The number of nitrogens with one attached hydrogen (secondary N) is 2. The molecule has 7 nitrogen and oxygen atoms in total. The number of aromatic nitrogens is 2. The first kappa shape index (κ1) is 20.5. The lowest BCUT2D eigenvalue weighted by Crippen LogP contribution is -2.35. The molecule has 2 aromatic rings. The van der Waals surface area contributed by atoms with E-state index in [0.717, 1.165) is 31.2 Å². The summed E-state index contributed by atoms with van der Waals surface area (Å²) in [5.74, 6) is 0.869. The molecule has 0 aliphatic heterocycles. The topological polar surface area (TPSA) is 100 Å². The summed E-state index contributed by atoms with van der Waals surface area (Å²) in [6.45, 7) is 0. The molecule has 1 saturated carbocycles. The zero-order valence-corrected chi connectivity index (χ0v) is 16.8. The molecule has 7 heteroatoms. The van der Waals surface area contributed by atoms with Gasteiger partial charge in [-0.05, 0) is 37.1 Å². The number of carbonyl (C=O) groups excluding carboxylic acids is 1. The van der Waals surface area contributed by atoms with Crippen LogP contribution >= 0.6 is 0 Å². The zero-order chi connectivity index (χ0) is 20.6. The molecule has 1 aliphatic carbocycles. The van der Waals surface area contributed by atoms with Crippen LogP contribution in [0.3, 0.4) is 0 Å². The summed E-state index contributed by atoms with van der Waals surface area (Å²) < 4.78 is 10.6. The zero-order valence-electron chi connectivity index (χ0n) is 16.8. The van der Waals surface area contributed by atoms with Crippen molar-refractivity contribution < 1.29 is 14.3 Å². The van der Waals surface area contributed by atoms with Gasteiger partial charge in [0.05, 0.1) is 26.1 Å². The molecule has 152 valence electrons. The number of H-pyrrole nitrogens is 1. The van der Waals surface area contributed by atoms with E-state index in [1.807, 2.05) is 18.2 Å². The Kier molecular flexibility index (Phi) is 6.90. The third kappa shape index (κ3) is 4.96. The predicted molar refractivity (Wildman–Crippen MR) is 110 cm³/mol. The van der Waals surface area contributed by atoms with Crippen molar-refractivity contribution in [2.45, 2.75) is 44.6 Å². The molecular weight excluding hydrogens is 368 g/mol. The molecular formula is C22H26N4O3. The van der Waals surface area contributed by atoms with E-state index >= 15 is 0 Å². The minimum Gasteiger partial charge on any atom is -0.493 e. The third-order valence-corrected chi connectivity index (χ3v) is 5.20. The van der Waals surface area contributed by atoms with Gasteiger partial charge in [-0.2, -0.15) is 10.4 Å². The highest BCUT2D eigenvalue weighted by atomic mass is 16.5. The van der Waals surface area contributed by atoms with E-state index in [0.29, 0.717) is 22.8 Å². The van der Waals surface area contributed by atoms with Crippen molar-refractivity contribution in [3.05, 3.63) is 35.5 Å². The quantitative estimate of drug-likeness (QED) is 0.440. The molecule has 29 heavy (non-hydrogen) atoms. The van der Waals surface area contributed by atoms with Crippen LogP contribution in [-0.4, -0.2) is 36.4 Å². The van der Waals surface area contributed by atoms with Gasteiger partial charge in [-0.25, -0.2) is 0 Å². The van der Waals surface area contributed by atoms with Gasteiger partial charge in [0.2, 0.25) is 0 Å². The monoisotopic (exact) mass is 394 g/mol. The highest BCUT2D eigenvalue weighted by Crippen LogP contribution is 2.33. The SMILES string of the molecule is COc1ccc(-c2[nH]ncc2C=C(C#N)C(=O)NC2CCCCCC2)cc1OC. The Balaban J connectivity index is 1.83. The van der Waals surface area contributed by atoms with Crippen molar-refractivity contribution >= 4 is 12.0 Å². The second-order valence-electron chi connectivity index (χ2n) is 7.10. The van der Waals surface area contributed by atoms with Crippen LogP contribution < -0.4 is 14.8 Å². The van der Waals surface area contributed by atoms with Gasteiger partial charge in [-0.3, -0.25) is 9.89 Å². The highest BCUT2D eigenvalue weighted by molar-refractivity contribution is 6.02. The Morgan fingerprint density at radius 1 is 1.21 bits per heavy atom. The van der Waals surface area contributed by atoms with Crippen molar-refractivity contribution in [2.75, 3.05) is 14.2 Å². The molecule has 0 unspecified atom stereocenters. The number of hydrogen-bond donors (Lipinski definition) is 2. The summed E-state index contributed by atoms with van der Waals surface area (Å²) in [5.41, 5.74) is 2.23. The number of hydrogen-bond acceptors (Lipinski definition) is 5. The first-order valence-corrected chi connectivity index (χ1v) is 9.84. The van der Waals surface area contributed by atoms with E-state index in [9.17, 15) is 10.1 Å². The Morgan fingerprint density at radius 3 is 2.59 bits per heavy atom. The van der Waals surface area contributed by atoms with Gasteiger partial charge in [0, 0.05) is 17.2 Å². The Labute approximate surface area is 170 Å². The molecule has 0 bridgehead atoms. The lowest BCUT2D eigenvalue weighted by atomic mass is 10.0. The van der Waals surface area contributed by atoms with Crippen LogP contribution in [-0.2, 0) is 4.79 Å². The fraction of sp³-hybridized carbons (Fsp3) is 0.409. The normalized spacial score (nSPS) is 15.3. The van der Waals surface area contributed by atoms with E-state index < -0.39 is 0 Å². The minimum atomic E-state index is -0.334. The van der Waals surface area contributed by atoms with Gasteiger partial charge < -0.3 is 14.8 Å². The number of amides is 1. The standard InChI is InChI=1S/C22H26N4O3/c1-28-19-10-9-15(12-20(19)29-2)21-17(14-24-26-21)11-16(13-23)22(27)25-18-7-5-3-4-6-8-18/h9-12,14,18H,3-8H2,1-2H3,(H,24,26)(H,25,27). The average molecular weight is 394 g/mol. The van der Waals surface area contributed by atoms with E-state index in [1.165, 1.54) is 12.8 Å². The van der Waals surface area contributed by atoms with Crippen LogP contribution in [0.4, 0.5) is 0 Å². The molecule has 3 rings (SSSR count). The van der Waals surface area contributed by atoms with E-state index in [1.54, 1.807) is 32.6 Å². The number of ether oxygens (including phenoxy) is 2. The Hall–Kier alpha value is -3.27. The van der Waals surface area contributed by atoms with Gasteiger partial charge in [-0.15, -0.1) is 0 Å². The van der Waals surface area contributed by atoms with Crippen molar-refractivity contribution in [3.63, 3.8) is 0 Å². The number of aromatic amines is 1. The largest absolute Gasteiger partial charge is 0.493 e. The number of carbonyl (C=O) groups is 1. The first-order chi connectivity index (χ1) is 14.2. The van der Waals surface area contributed by atoms with Crippen molar-refractivity contribution in [3.8, 4) is 28.8 Å². The van der Waals surface area contributed by atoms with Gasteiger partial charge in [0.25, 0.3) is 5.91 Å². The smallest absolute Gasteiger partial charge is 0.262 e. The molecule has 1 aromatic heterocycles. The average Bonchev–Trinajstić information content (AvgIpc) is 3.06. The fourth-order valence-corrected chi connectivity index (χ4v) is 3.62. The minimum absolute atomic E-state index is 0.0670. The number of nitrogens with zero attached hydrogens (tertiary/aromatic N) is 2. The molecule has 2 N–H and O–H groups in total. The van der Waals surface area contributed by atoms with Crippen LogP contribution in [0.1, 0.15) is 44.1 Å². The summed E-state index contributed by atoms with van der Waals surface area (Å²) in [5, 5.41) is 19.6. The maximum absolute atomic E-state index is 12.6. The molecule has 1 fully saturated rings. The van der Waals surface area contributed by atoms with Crippen molar-refractivity contribution in [2.24, 2.45) is 0 Å². The molecule has 1 aliphatic rings. The van der Waals surface area contributed by atoms with Gasteiger partial charge in [0.1, 0.15) is 11.6 Å². The van der Waals surface area contributed by atoms with E-state index in [2.05, 4.69) is 15.5 Å². The van der Waals surface area contributed by atoms with Crippen molar-refractivity contribution in [1.82, 2.24) is 15.5 Å². The molecule has 1 amide bonds. The first-order valence-electron chi connectivity index (χ1n) is 9.84. The lowest BCUT2D eigenvalue weighted by Gasteiger charge is -2.15. The van der Waals surface area contributed by atoms with Crippen LogP contribution in [0.15, 0.2) is 30.0 Å². The second kappa shape index (κ2) is 9.78. The summed E-state index contributed by atoms with van der Waals surface area (Å²) in [4.78, 5) is 12.6. The number of benzene rings is 1. The summed E-state index contributed by atoms with van der Waals surface area (Å²) in [6.07, 6.45) is 9.74. The number of methoxy groups -OCH3 is 2. The number of rotatable bonds is 6. The fourth-order valence-electron chi connectivity index (χ4n) is 3.62. The summed E-state index contributed by atoms with van der Waals surface area (Å²) in [6, 6.07) is 7.65. The number of nitriles is 1. The summed E-state index contributed by atoms with van der Waals surface area (Å²) in [7, 11) is 3.15. The predicted octanol–water partition coefficient (Wildman–Crippen LogP) is 3.84. The second-order valence-corrected chi connectivity index (χ2v) is 7.10. The molecule has 0 atom stereocenters. The maximum Gasteiger partial charge on any atom is 0.262 e. The van der Waals surface area contributed by atoms with E-state index in [-0.39, 0.29) is 17.5 Å². The highest BCUT2D eigenvalue weighted by Gasteiger charge is 2.18. The van der Waals surface area contributed by atoms with Gasteiger partial charge in [0.15, 0.2) is 11.5 Å². The van der Waals surface area contributed by atoms with Gasteiger partial charge in [-0.1, -0.05) is 25.7 Å². The van der Waals surface area contributed by atoms with Crippen LogP contribution in [0.25, 0.3) is 17.3 Å². The van der Waals surface area contributed by atoms with Crippen LogP contribution in [0.2, 0.25) is 0 Å². The van der Waals surface area contributed by atoms with Crippen LogP contribution in [0.5, 0.6) is 11.5 Å². The molecule has 1 heterocycles. The Bertz CT molecular complexity index is 918. The maximum atomic E-state index is 12.6. The molecule has 0 spiro atoms. The van der Waals surface area contributed by atoms with E-state index in [4.69, 9.17) is 9.47 Å².